The number of nitrogens with one attached hydrogen (secondary N) is 1. The number of nitrogens with zero attached hydrogens (tertiary/aromatic N) is 3. The van der Waals surface area contributed by atoms with Crippen LogP contribution in [0.4, 0.5) is 5.69 Å². The Morgan fingerprint density at radius 1 is 0.933 bits per heavy atom. The number of nitrogens with two attached hydrogens (primary N) is 1. The van der Waals surface area contributed by atoms with E-state index < -0.39 is 0 Å². The molecule has 0 saturated carbocycles. The number of carbonyl (C=O) groups excluding carboxylic acids is 1. The van der Waals surface area contributed by atoms with Crippen molar-refractivity contribution in [2.24, 2.45) is 0 Å². The molecule has 6 nitrogen and oxygen atoms in total. The lowest BCUT2D eigenvalue weighted by Crippen LogP contribution is -2.16. The molecule has 0 aliphatic rings. The predicted octanol–water partition coefficient (Wildman–Crippen LogP) is 4.82. The third-order valence-electron chi connectivity index (χ3n) is 4.39. The van der Waals surface area contributed by atoms with Crippen molar-refractivity contribution in [3.8, 4) is 22.5 Å². The summed E-state index contributed by atoms with van der Waals surface area (Å²) in [7, 11) is 0. The molecule has 4 aromatic rings. The smallest absolute Gasteiger partial charge is 0.234 e. The number of amides is 1. The predicted molar refractivity (Wildman–Crippen MR) is 125 cm³/mol. The van der Waals surface area contributed by atoms with Crippen LogP contribution in [-0.2, 0) is 4.79 Å². The molecule has 1 aromatic heterocycles. The third-order valence-corrected chi connectivity index (χ3v) is 6.02. The number of halogens is 1. The van der Waals surface area contributed by atoms with Crippen molar-refractivity contribution in [1.82, 2.24) is 14.9 Å². The SMILES string of the molecule is Nn1c(SCC(=O)Nc2ccc(-c3ccccc3)cc2)nnc1-c1ccccc1Br. The summed E-state index contributed by atoms with van der Waals surface area (Å²) in [6.07, 6.45) is 0. The molecule has 30 heavy (non-hydrogen) atoms. The number of benzene rings is 3. The second-order valence-electron chi connectivity index (χ2n) is 6.44. The van der Waals surface area contributed by atoms with E-state index in [9.17, 15) is 4.79 Å². The van der Waals surface area contributed by atoms with Gasteiger partial charge < -0.3 is 11.2 Å². The van der Waals surface area contributed by atoms with E-state index in [1.54, 1.807) is 0 Å². The normalized spacial score (nSPS) is 10.7. The molecule has 8 heteroatoms. The Morgan fingerprint density at radius 2 is 1.60 bits per heavy atom. The van der Waals surface area contributed by atoms with E-state index in [0.717, 1.165) is 26.9 Å². The molecule has 3 N–H and O–H groups in total. The van der Waals surface area contributed by atoms with Crippen molar-refractivity contribution in [2.45, 2.75) is 5.16 Å². The van der Waals surface area contributed by atoms with Crippen LogP contribution in [0.1, 0.15) is 0 Å². The van der Waals surface area contributed by atoms with Crippen molar-refractivity contribution in [3.63, 3.8) is 0 Å². The van der Waals surface area contributed by atoms with Crippen LogP contribution in [0.2, 0.25) is 0 Å². The first-order chi connectivity index (χ1) is 14.6. The Labute approximate surface area is 186 Å². The minimum Gasteiger partial charge on any atom is -0.335 e. The molecule has 0 unspecified atom stereocenters. The molecular formula is C22H18BrN5OS. The first kappa shape index (κ1) is 20.2. The average Bonchev–Trinajstić information content (AvgIpc) is 3.14. The third kappa shape index (κ3) is 4.55. The van der Waals surface area contributed by atoms with Gasteiger partial charge in [-0.25, -0.2) is 4.68 Å². The highest BCUT2D eigenvalue weighted by atomic mass is 79.9. The summed E-state index contributed by atoms with van der Waals surface area (Å²) in [6, 6.07) is 25.5. The fourth-order valence-electron chi connectivity index (χ4n) is 2.91. The molecule has 0 aliphatic carbocycles. The van der Waals surface area contributed by atoms with E-state index in [4.69, 9.17) is 5.84 Å². The number of thioether (sulfide) groups is 1. The summed E-state index contributed by atoms with van der Waals surface area (Å²) >= 11 is 4.72. The zero-order chi connectivity index (χ0) is 20.9. The summed E-state index contributed by atoms with van der Waals surface area (Å²) in [6.45, 7) is 0. The second-order valence-corrected chi connectivity index (χ2v) is 8.23. The summed E-state index contributed by atoms with van der Waals surface area (Å²) in [5.74, 6) is 6.69. The highest BCUT2D eigenvalue weighted by molar-refractivity contribution is 9.10. The van der Waals surface area contributed by atoms with E-state index in [1.165, 1.54) is 16.4 Å². The Bertz CT molecular complexity index is 1160. The summed E-state index contributed by atoms with van der Waals surface area (Å²) in [5.41, 5.74) is 3.80. The summed E-state index contributed by atoms with van der Waals surface area (Å²) in [5, 5.41) is 11.6. The van der Waals surface area contributed by atoms with Crippen LogP contribution in [-0.4, -0.2) is 26.5 Å². The van der Waals surface area contributed by atoms with Gasteiger partial charge in [0.15, 0.2) is 5.82 Å². The molecule has 0 radical (unpaired) electrons. The Hall–Kier alpha value is -3.10. The van der Waals surface area contributed by atoms with Crippen LogP contribution < -0.4 is 11.2 Å². The van der Waals surface area contributed by atoms with Crippen LogP contribution in [0.5, 0.6) is 0 Å². The van der Waals surface area contributed by atoms with Crippen molar-refractivity contribution >= 4 is 39.3 Å². The minimum atomic E-state index is -0.141. The van der Waals surface area contributed by atoms with Gasteiger partial charge in [-0.05, 0) is 35.4 Å². The highest BCUT2D eigenvalue weighted by Crippen LogP contribution is 2.28. The number of hydrogen-bond donors (Lipinski definition) is 2. The van der Waals surface area contributed by atoms with E-state index in [2.05, 4.69) is 43.6 Å². The van der Waals surface area contributed by atoms with Gasteiger partial charge in [0.1, 0.15) is 0 Å². The van der Waals surface area contributed by atoms with Crippen LogP contribution in [0.15, 0.2) is 88.5 Å². The molecule has 0 spiro atoms. The van der Waals surface area contributed by atoms with E-state index in [1.807, 2.05) is 66.7 Å². The largest absolute Gasteiger partial charge is 0.335 e. The number of nitrogen functional groups attached to an aromatic ring is 1. The van der Waals surface area contributed by atoms with Gasteiger partial charge in [-0.3, -0.25) is 4.79 Å². The van der Waals surface area contributed by atoms with Gasteiger partial charge in [0, 0.05) is 15.7 Å². The van der Waals surface area contributed by atoms with Gasteiger partial charge in [0.2, 0.25) is 11.1 Å². The van der Waals surface area contributed by atoms with E-state index in [-0.39, 0.29) is 11.7 Å². The zero-order valence-corrected chi connectivity index (χ0v) is 18.2. The van der Waals surface area contributed by atoms with Gasteiger partial charge in [0.25, 0.3) is 0 Å². The lowest BCUT2D eigenvalue weighted by molar-refractivity contribution is -0.113. The van der Waals surface area contributed by atoms with Crippen LogP contribution in [0, 0.1) is 0 Å². The van der Waals surface area contributed by atoms with Crippen molar-refractivity contribution in [3.05, 3.63) is 83.3 Å². The molecule has 1 heterocycles. The van der Waals surface area contributed by atoms with Crippen molar-refractivity contribution in [1.29, 1.82) is 0 Å². The Balaban J connectivity index is 1.37. The number of aromatic nitrogens is 3. The molecule has 4 rings (SSSR count). The van der Waals surface area contributed by atoms with Gasteiger partial charge in [0.05, 0.1) is 5.75 Å². The van der Waals surface area contributed by atoms with Gasteiger partial charge in [-0.1, -0.05) is 82.3 Å². The molecule has 150 valence electrons. The minimum absolute atomic E-state index is 0.141. The monoisotopic (exact) mass is 479 g/mol. The highest BCUT2D eigenvalue weighted by Gasteiger charge is 2.15. The summed E-state index contributed by atoms with van der Waals surface area (Å²) < 4.78 is 2.27. The lowest BCUT2D eigenvalue weighted by Gasteiger charge is -2.07. The van der Waals surface area contributed by atoms with Crippen LogP contribution in [0.3, 0.4) is 0 Å². The maximum atomic E-state index is 12.3. The standard InChI is InChI=1S/C22H18BrN5OS/c23-19-9-5-4-8-18(19)21-26-27-22(28(21)24)30-14-20(29)25-17-12-10-16(11-13-17)15-6-2-1-3-7-15/h1-13H,14,24H2,(H,25,29). The number of rotatable bonds is 6. The lowest BCUT2D eigenvalue weighted by atomic mass is 10.1. The average molecular weight is 480 g/mol. The molecule has 1 amide bonds. The first-order valence-corrected chi connectivity index (χ1v) is 10.9. The van der Waals surface area contributed by atoms with E-state index >= 15 is 0 Å². The molecule has 0 aliphatic heterocycles. The molecular weight excluding hydrogens is 462 g/mol. The van der Waals surface area contributed by atoms with Crippen LogP contribution >= 0.6 is 27.7 Å². The first-order valence-electron chi connectivity index (χ1n) is 9.15. The second kappa shape index (κ2) is 9.15. The Morgan fingerprint density at radius 3 is 2.33 bits per heavy atom. The zero-order valence-electron chi connectivity index (χ0n) is 15.8. The molecule has 0 bridgehead atoms. The molecule has 0 saturated heterocycles. The van der Waals surface area contributed by atoms with Crippen LogP contribution in [0.25, 0.3) is 22.5 Å². The molecule has 0 fully saturated rings. The van der Waals surface area contributed by atoms with Gasteiger partial charge in [-0.2, -0.15) is 0 Å². The number of carbonyl (C=O) groups is 1. The summed E-state index contributed by atoms with van der Waals surface area (Å²) in [4.78, 5) is 12.3. The van der Waals surface area contributed by atoms with E-state index in [0.29, 0.717) is 11.0 Å². The quantitative estimate of drug-likeness (QED) is 0.305. The topological polar surface area (TPSA) is 85.8 Å². The fourth-order valence-corrected chi connectivity index (χ4v) is 4.02. The van der Waals surface area contributed by atoms with Gasteiger partial charge in [-0.15, -0.1) is 10.2 Å². The maximum absolute atomic E-state index is 12.3. The maximum Gasteiger partial charge on any atom is 0.234 e. The van der Waals surface area contributed by atoms with Gasteiger partial charge >= 0.3 is 0 Å². The molecule has 3 aromatic carbocycles. The van der Waals surface area contributed by atoms with Crippen molar-refractivity contribution in [2.75, 3.05) is 16.9 Å². The number of hydrogen-bond acceptors (Lipinski definition) is 5. The Kier molecular flexibility index (Phi) is 6.15. The number of anilines is 1. The molecule has 0 atom stereocenters. The van der Waals surface area contributed by atoms with Crippen molar-refractivity contribution < 1.29 is 4.79 Å². The fraction of sp³-hybridized carbons (Fsp3) is 0.0455.